The molecule has 0 radical (unpaired) electrons. The number of ether oxygens (including phenoxy) is 1. The molecule has 1 fully saturated rings. The van der Waals surface area contributed by atoms with E-state index in [1.165, 1.54) is 0 Å². The SMILES string of the molecule is N#C[C@]1(c2ccccc2OCc2ccccc2)CCC(=O)N1Cc1ccccc1. The van der Waals surface area contributed by atoms with Gasteiger partial charge in [0, 0.05) is 18.5 Å². The van der Waals surface area contributed by atoms with Crippen molar-refractivity contribution in [3.05, 3.63) is 102 Å². The molecule has 0 spiro atoms. The molecule has 144 valence electrons. The van der Waals surface area contributed by atoms with Gasteiger partial charge in [-0.3, -0.25) is 4.79 Å². The number of benzene rings is 3. The fraction of sp³-hybridized carbons (Fsp3) is 0.200. The van der Waals surface area contributed by atoms with E-state index < -0.39 is 5.54 Å². The standard InChI is InChI=1S/C25H22N2O2/c26-19-25(16-15-24(28)27(25)17-20-9-3-1-4-10-20)22-13-7-8-14-23(22)29-18-21-11-5-2-6-12-21/h1-14H,15-18H2/t25-/m0/s1. The van der Waals surface area contributed by atoms with E-state index in [4.69, 9.17) is 4.74 Å². The minimum Gasteiger partial charge on any atom is -0.488 e. The van der Waals surface area contributed by atoms with Crippen molar-refractivity contribution in [2.75, 3.05) is 0 Å². The summed E-state index contributed by atoms with van der Waals surface area (Å²) in [5, 5.41) is 10.2. The van der Waals surface area contributed by atoms with Crippen LogP contribution in [-0.2, 0) is 23.5 Å². The number of carbonyl (C=O) groups excluding carboxylic acids is 1. The summed E-state index contributed by atoms with van der Waals surface area (Å²) in [5.41, 5.74) is 1.78. The van der Waals surface area contributed by atoms with Crippen LogP contribution in [0.15, 0.2) is 84.9 Å². The Labute approximate surface area is 171 Å². The molecule has 1 atom stereocenters. The molecule has 1 heterocycles. The molecule has 0 aromatic heterocycles. The molecule has 3 aromatic carbocycles. The fourth-order valence-electron chi connectivity index (χ4n) is 3.89. The van der Waals surface area contributed by atoms with Crippen molar-refractivity contribution in [3.8, 4) is 11.8 Å². The second-order valence-corrected chi connectivity index (χ2v) is 7.21. The summed E-state index contributed by atoms with van der Waals surface area (Å²) < 4.78 is 6.11. The molecule has 0 bridgehead atoms. The van der Waals surface area contributed by atoms with E-state index in [2.05, 4.69) is 6.07 Å². The summed E-state index contributed by atoms with van der Waals surface area (Å²) >= 11 is 0. The van der Waals surface area contributed by atoms with Crippen molar-refractivity contribution < 1.29 is 9.53 Å². The molecular formula is C25H22N2O2. The molecule has 3 aromatic rings. The van der Waals surface area contributed by atoms with Gasteiger partial charge in [-0.05, 0) is 23.6 Å². The number of hydrogen-bond acceptors (Lipinski definition) is 3. The van der Waals surface area contributed by atoms with E-state index in [0.717, 1.165) is 16.7 Å². The molecule has 1 saturated heterocycles. The Kier molecular flexibility index (Phi) is 5.31. The van der Waals surface area contributed by atoms with E-state index in [1.807, 2.05) is 84.9 Å². The highest BCUT2D eigenvalue weighted by Gasteiger charge is 2.48. The van der Waals surface area contributed by atoms with Crippen LogP contribution in [-0.4, -0.2) is 10.8 Å². The molecular weight excluding hydrogens is 360 g/mol. The van der Waals surface area contributed by atoms with Gasteiger partial charge >= 0.3 is 0 Å². The number of para-hydroxylation sites is 1. The van der Waals surface area contributed by atoms with Gasteiger partial charge in [0.05, 0.1) is 6.07 Å². The summed E-state index contributed by atoms with van der Waals surface area (Å²) in [7, 11) is 0. The third-order valence-electron chi connectivity index (χ3n) is 5.40. The van der Waals surface area contributed by atoms with Crippen LogP contribution in [0.5, 0.6) is 5.75 Å². The summed E-state index contributed by atoms with van der Waals surface area (Å²) in [6, 6.07) is 29.7. The second kappa shape index (κ2) is 8.20. The lowest BCUT2D eigenvalue weighted by Crippen LogP contribution is -2.42. The summed E-state index contributed by atoms with van der Waals surface area (Å²) in [6.07, 6.45) is 0.814. The van der Waals surface area contributed by atoms with Gasteiger partial charge in [0.15, 0.2) is 5.54 Å². The Bertz CT molecular complexity index is 1030. The van der Waals surface area contributed by atoms with Gasteiger partial charge in [-0.25, -0.2) is 0 Å². The number of likely N-dealkylation sites (tertiary alicyclic amines) is 1. The number of nitrogens with zero attached hydrogens (tertiary/aromatic N) is 2. The molecule has 1 aliphatic heterocycles. The van der Waals surface area contributed by atoms with Crippen molar-refractivity contribution in [3.63, 3.8) is 0 Å². The van der Waals surface area contributed by atoms with E-state index >= 15 is 0 Å². The van der Waals surface area contributed by atoms with Crippen molar-refractivity contribution >= 4 is 5.91 Å². The Morgan fingerprint density at radius 2 is 1.52 bits per heavy atom. The minimum atomic E-state index is -1.03. The molecule has 0 N–H and O–H groups in total. The highest BCUT2D eigenvalue weighted by Crippen LogP contribution is 2.44. The first-order valence-electron chi connectivity index (χ1n) is 9.75. The maximum absolute atomic E-state index is 12.8. The number of nitriles is 1. The zero-order chi connectivity index (χ0) is 20.1. The summed E-state index contributed by atoms with van der Waals surface area (Å²) in [5.74, 6) is 0.638. The van der Waals surface area contributed by atoms with Gasteiger partial charge in [-0.15, -0.1) is 0 Å². The van der Waals surface area contributed by atoms with Gasteiger partial charge in [0.2, 0.25) is 5.91 Å². The zero-order valence-corrected chi connectivity index (χ0v) is 16.1. The predicted molar refractivity (Wildman–Crippen MR) is 111 cm³/mol. The predicted octanol–water partition coefficient (Wildman–Crippen LogP) is 4.81. The van der Waals surface area contributed by atoms with Crippen LogP contribution in [0.3, 0.4) is 0 Å². The smallest absolute Gasteiger partial charge is 0.224 e. The molecule has 0 saturated carbocycles. The molecule has 1 aliphatic rings. The molecule has 4 heteroatoms. The van der Waals surface area contributed by atoms with Gasteiger partial charge in [0.25, 0.3) is 0 Å². The Morgan fingerprint density at radius 3 is 2.21 bits per heavy atom. The van der Waals surface area contributed by atoms with Crippen molar-refractivity contribution in [1.29, 1.82) is 5.26 Å². The molecule has 4 rings (SSSR count). The molecule has 4 nitrogen and oxygen atoms in total. The molecule has 29 heavy (non-hydrogen) atoms. The van der Waals surface area contributed by atoms with Crippen molar-refractivity contribution in [2.45, 2.75) is 31.5 Å². The summed E-state index contributed by atoms with van der Waals surface area (Å²) in [4.78, 5) is 14.5. The van der Waals surface area contributed by atoms with E-state index in [-0.39, 0.29) is 5.91 Å². The third-order valence-corrected chi connectivity index (χ3v) is 5.40. The number of hydrogen-bond donors (Lipinski definition) is 0. The Morgan fingerprint density at radius 1 is 0.897 bits per heavy atom. The van der Waals surface area contributed by atoms with Crippen LogP contribution >= 0.6 is 0 Å². The molecule has 0 unspecified atom stereocenters. The van der Waals surface area contributed by atoms with E-state index in [9.17, 15) is 10.1 Å². The quantitative estimate of drug-likeness (QED) is 0.615. The second-order valence-electron chi connectivity index (χ2n) is 7.21. The Balaban J connectivity index is 1.67. The van der Waals surface area contributed by atoms with Gasteiger partial charge < -0.3 is 9.64 Å². The monoisotopic (exact) mass is 382 g/mol. The maximum atomic E-state index is 12.8. The minimum absolute atomic E-state index is 0.00624. The van der Waals surface area contributed by atoms with Crippen LogP contribution in [0.25, 0.3) is 0 Å². The van der Waals surface area contributed by atoms with Gasteiger partial charge in [0.1, 0.15) is 12.4 Å². The van der Waals surface area contributed by atoms with Crippen LogP contribution < -0.4 is 4.74 Å². The zero-order valence-electron chi connectivity index (χ0n) is 16.1. The van der Waals surface area contributed by atoms with E-state index in [1.54, 1.807) is 4.90 Å². The normalized spacial score (nSPS) is 18.4. The first kappa shape index (κ1) is 18.8. The van der Waals surface area contributed by atoms with Gasteiger partial charge in [-0.2, -0.15) is 5.26 Å². The highest BCUT2D eigenvalue weighted by atomic mass is 16.5. The van der Waals surface area contributed by atoms with E-state index in [0.29, 0.717) is 31.7 Å². The lowest BCUT2D eigenvalue weighted by molar-refractivity contribution is -0.131. The lowest BCUT2D eigenvalue weighted by Gasteiger charge is -2.34. The highest BCUT2D eigenvalue weighted by molar-refractivity contribution is 5.81. The van der Waals surface area contributed by atoms with Crippen LogP contribution in [0, 0.1) is 11.3 Å². The average Bonchev–Trinajstić information content (AvgIpc) is 3.10. The topological polar surface area (TPSA) is 53.3 Å². The molecule has 1 amide bonds. The summed E-state index contributed by atoms with van der Waals surface area (Å²) in [6.45, 7) is 0.812. The number of amides is 1. The fourth-order valence-corrected chi connectivity index (χ4v) is 3.89. The average molecular weight is 382 g/mol. The number of carbonyl (C=O) groups is 1. The number of rotatable bonds is 6. The van der Waals surface area contributed by atoms with Crippen LogP contribution in [0.1, 0.15) is 29.5 Å². The van der Waals surface area contributed by atoms with Gasteiger partial charge in [-0.1, -0.05) is 78.9 Å². The Hall–Kier alpha value is -3.58. The lowest BCUT2D eigenvalue weighted by atomic mass is 9.87. The maximum Gasteiger partial charge on any atom is 0.224 e. The van der Waals surface area contributed by atoms with Crippen LogP contribution in [0.4, 0.5) is 0 Å². The first-order valence-corrected chi connectivity index (χ1v) is 9.75. The van der Waals surface area contributed by atoms with Crippen molar-refractivity contribution in [2.24, 2.45) is 0 Å². The van der Waals surface area contributed by atoms with Crippen molar-refractivity contribution in [1.82, 2.24) is 4.90 Å². The third kappa shape index (κ3) is 3.72. The largest absolute Gasteiger partial charge is 0.488 e. The van der Waals surface area contributed by atoms with Crippen LogP contribution in [0.2, 0.25) is 0 Å². The first-order chi connectivity index (χ1) is 14.2. The molecule has 0 aliphatic carbocycles.